The maximum Gasteiger partial charge on any atom is 0.252 e. The van der Waals surface area contributed by atoms with Gasteiger partial charge < -0.3 is 10.2 Å². The summed E-state index contributed by atoms with van der Waals surface area (Å²) in [5.41, 5.74) is 0.760. The number of piperidine rings is 1. The maximum absolute atomic E-state index is 12.0. The molecule has 94 valence electrons. The number of likely N-dealkylation sites (N-methyl/N-ethyl adjacent to an activating group) is 1. The van der Waals surface area contributed by atoms with Crippen molar-refractivity contribution in [3.63, 3.8) is 0 Å². The number of hydrogen-bond donors (Lipinski definition) is 1. The number of amides is 1. The van der Waals surface area contributed by atoms with E-state index in [0.717, 1.165) is 35.4 Å². The van der Waals surface area contributed by atoms with Gasteiger partial charge in [0, 0.05) is 18.0 Å². The minimum Gasteiger partial charge on any atom is -0.348 e. The molecular formula is C12H17BrN2OS. The highest BCUT2D eigenvalue weighted by Gasteiger charge is 2.21. The SMILES string of the molecule is CCN1CCCC(NC(=O)c2csc(Br)c2)C1. The first-order valence-electron chi connectivity index (χ1n) is 5.96. The molecule has 1 atom stereocenters. The Hall–Kier alpha value is -0.390. The first-order valence-corrected chi connectivity index (χ1v) is 7.63. The molecule has 1 saturated heterocycles. The van der Waals surface area contributed by atoms with Gasteiger partial charge in [-0.25, -0.2) is 0 Å². The molecule has 1 fully saturated rings. The summed E-state index contributed by atoms with van der Waals surface area (Å²) in [6, 6.07) is 2.18. The minimum absolute atomic E-state index is 0.0508. The van der Waals surface area contributed by atoms with E-state index in [0.29, 0.717) is 6.04 Å². The summed E-state index contributed by atoms with van der Waals surface area (Å²) < 4.78 is 1.00. The predicted molar refractivity (Wildman–Crippen MR) is 74.6 cm³/mol. The van der Waals surface area contributed by atoms with E-state index in [1.807, 2.05) is 11.4 Å². The van der Waals surface area contributed by atoms with Gasteiger partial charge in [-0.15, -0.1) is 11.3 Å². The summed E-state index contributed by atoms with van der Waals surface area (Å²) in [4.78, 5) is 14.4. The normalized spacial score (nSPS) is 21.4. The van der Waals surface area contributed by atoms with Crippen molar-refractivity contribution in [1.29, 1.82) is 0 Å². The molecule has 0 bridgehead atoms. The molecule has 1 N–H and O–H groups in total. The molecule has 1 amide bonds. The number of rotatable bonds is 3. The van der Waals surface area contributed by atoms with Gasteiger partial charge in [-0.2, -0.15) is 0 Å². The summed E-state index contributed by atoms with van der Waals surface area (Å²) in [6.07, 6.45) is 2.26. The van der Waals surface area contributed by atoms with Crippen LogP contribution in [0.4, 0.5) is 0 Å². The van der Waals surface area contributed by atoms with Crippen LogP contribution in [-0.4, -0.2) is 36.5 Å². The molecule has 1 aliphatic rings. The molecule has 1 aliphatic heterocycles. The van der Waals surface area contributed by atoms with Crippen LogP contribution in [0.15, 0.2) is 15.2 Å². The van der Waals surface area contributed by atoms with Crippen molar-refractivity contribution in [3.05, 3.63) is 20.8 Å². The topological polar surface area (TPSA) is 32.3 Å². The van der Waals surface area contributed by atoms with Crippen LogP contribution in [0.25, 0.3) is 0 Å². The number of carbonyl (C=O) groups excluding carboxylic acids is 1. The van der Waals surface area contributed by atoms with Gasteiger partial charge in [-0.3, -0.25) is 4.79 Å². The standard InChI is InChI=1S/C12H17BrN2OS/c1-2-15-5-3-4-10(7-15)14-12(16)9-6-11(13)17-8-9/h6,8,10H,2-5,7H2,1H3,(H,14,16). The molecule has 1 aromatic rings. The number of carbonyl (C=O) groups is 1. The fourth-order valence-electron chi connectivity index (χ4n) is 2.16. The average molecular weight is 317 g/mol. The van der Waals surface area contributed by atoms with Crippen molar-refractivity contribution in [3.8, 4) is 0 Å². The van der Waals surface area contributed by atoms with Gasteiger partial charge in [0.1, 0.15) is 0 Å². The van der Waals surface area contributed by atoms with Crippen molar-refractivity contribution in [2.75, 3.05) is 19.6 Å². The molecule has 3 nitrogen and oxygen atoms in total. The van der Waals surface area contributed by atoms with Crippen LogP contribution in [0, 0.1) is 0 Å². The molecule has 0 radical (unpaired) electrons. The second-order valence-corrected chi connectivity index (χ2v) is 6.64. The fourth-order valence-corrected chi connectivity index (χ4v) is 3.30. The van der Waals surface area contributed by atoms with E-state index in [4.69, 9.17) is 0 Å². The van der Waals surface area contributed by atoms with Crippen molar-refractivity contribution in [2.24, 2.45) is 0 Å². The van der Waals surface area contributed by atoms with E-state index in [-0.39, 0.29) is 5.91 Å². The quantitative estimate of drug-likeness (QED) is 0.930. The van der Waals surface area contributed by atoms with Gasteiger partial charge in [0.25, 0.3) is 5.91 Å². The second kappa shape index (κ2) is 5.98. The third kappa shape index (κ3) is 3.53. The molecule has 1 aromatic heterocycles. The first kappa shape index (κ1) is 13.1. The van der Waals surface area contributed by atoms with E-state index >= 15 is 0 Å². The van der Waals surface area contributed by atoms with Crippen molar-refractivity contribution < 1.29 is 4.79 Å². The lowest BCUT2D eigenvalue weighted by atomic mass is 10.1. The average Bonchev–Trinajstić information content (AvgIpc) is 2.76. The minimum atomic E-state index is 0.0508. The summed E-state index contributed by atoms with van der Waals surface area (Å²) in [6.45, 7) is 5.37. The highest BCUT2D eigenvalue weighted by atomic mass is 79.9. The molecule has 5 heteroatoms. The van der Waals surface area contributed by atoms with Crippen molar-refractivity contribution in [1.82, 2.24) is 10.2 Å². The smallest absolute Gasteiger partial charge is 0.252 e. The van der Waals surface area contributed by atoms with E-state index in [9.17, 15) is 4.79 Å². The molecule has 2 rings (SSSR count). The summed E-state index contributed by atoms with van der Waals surface area (Å²) >= 11 is 4.92. The zero-order valence-corrected chi connectivity index (χ0v) is 12.3. The van der Waals surface area contributed by atoms with Crippen LogP contribution in [-0.2, 0) is 0 Å². The van der Waals surface area contributed by atoms with Crippen LogP contribution >= 0.6 is 27.3 Å². The van der Waals surface area contributed by atoms with Gasteiger partial charge in [0.2, 0.25) is 0 Å². The number of thiophene rings is 1. The van der Waals surface area contributed by atoms with Crippen LogP contribution in [0.2, 0.25) is 0 Å². The summed E-state index contributed by atoms with van der Waals surface area (Å²) in [5, 5.41) is 5.01. The largest absolute Gasteiger partial charge is 0.348 e. The lowest BCUT2D eigenvalue weighted by molar-refractivity contribution is 0.0906. The number of nitrogens with one attached hydrogen (secondary N) is 1. The molecule has 0 saturated carbocycles. The highest BCUT2D eigenvalue weighted by molar-refractivity contribution is 9.11. The van der Waals surface area contributed by atoms with Crippen LogP contribution in [0.5, 0.6) is 0 Å². The molecule has 0 aliphatic carbocycles. The first-order chi connectivity index (χ1) is 8.19. The van der Waals surface area contributed by atoms with E-state index in [1.165, 1.54) is 6.42 Å². The molecule has 1 unspecified atom stereocenters. The number of likely N-dealkylation sites (tertiary alicyclic amines) is 1. The summed E-state index contributed by atoms with van der Waals surface area (Å²) in [5.74, 6) is 0.0508. The zero-order valence-electron chi connectivity index (χ0n) is 9.91. The lowest BCUT2D eigenvalue weighted by Crippen LogP contribution is -2.47. The monoisotopic (exact) mass is 316 g/mol. The Morgan fingerprint density at radius 2 is 2.53 bits per heavy atom. The molecule has 2 heterocycles. The number of hydrogen-bond acceptors (Lipinski definition) is 3. The highest BCUT2D eigenvalue weighted by Crippen LogP contribution is 2.21. The van der Waals surface area contributed by atoms with Gasteiger partial charge in [-0.05, 0) is 47.9 Å². The van der Waals surface area contributed by atoms with E-state index < -0.39 is 0 Å². The van der Waals surface area contributed by atoms with Crippen molar-refractivity contribution in [2.45, 2.75) is 25.8 Å². The van der Waals surface area contributed by atoms with Crippen LogP contribution in [0.1, 0.15) is 30.1 Å². The zero-order chi connectivity index (χ0) is 12.3. The third-order valence-corrected chi connectivity index (χ3v) is 4.62. The fraction of sp³-hybridized carbons (Fsp3) is 0.583. The Kier molecular flexibility index (Phi) is 4.59. The number of nitrogens with zero attached hydrogens (tertiary/aromatic N) is 1. The van der Waals surface area contributed by atoms with Gasteiger partial charge in [-0.1, -0.05) is 6.92 Å². The maximum atomic E-state index is 12.0. The van der Waals surface area contributed by atoms with E-state index in [1.54, 1.807) is 11.3 Å². The molecule has 0 aromatic carbocycles. The second-order valence-electron chi connectivity index (χ2n) is 4.35. The Balaban J connectivity index is 1.90. The van der Waals surface area contributed by atoms with Crippen LogP contribution < -0.4 is 5.32 Å². The Morgan fingerprint density at radius 1 is 1.71 bits per heavy atom. The summed E-state index contributed by atoms with van der Waals surface area (Å²) in [7, 11) is 0. The van der Waals surface area contributed by atoms with Gasteiger partial charge in [0.05, 0.1) is 9.35 Å². The van der Waals surface area contributed by atoms with Crippen LogP contribution in [0.3, 0.4) is 0 Å². The molecule has 0 spiro atoms. The molecule has 17 heavy (non-hydrogen) atoms. The third-order valence-electron chi connectivity index (χ3n) is 3.12. The van der Waals surface area contributed by atoms with E-state index in [2.05, 4.69) is 33.1 Å². The van der Waals surface area contributed by atoms with Gasteiger partial charge in [0.15, 0.2) is 0 Å². The Bertz CT molecular complexity index is 394. The predicted octanol–water partition coefficient (Wildman–Crippen LogP) is 2.72. The number of halogens is 1. The van der Waals surface area contributed by atoms with Gasteiger partial charge >= 0.3 is 0 Å². The van der Waals surface area contributed by atoms with Crippen molar-refractivity contribution >= 4 is 33.2 Å². The lowest BCUT2D eigenvalue weighted by Gasteiger charge is -2.32. The Morgan fingerprint density at radius 3 is 3.18 bits per heavy atom. The Labute approximate surface area is 114 Å². The molecular weight excluding hydrogens is 300 g/mol.